The maximum absolute atomic E-state index is 9.56. The fourth-order valence-electron chi connectivity index (χ4n) is 2.57. The molecule has 0 aliphatic carbocycles. The number of hydrogen-bond acceptors (Lipinski definition) is 2. The minimum absolute atomic E-state index is 0.611. The van der Waals surface area contributed by atoms with Crippen LogP contribution in [0.5, 0.6) is 0 Å². The van der Waals surface area contributed by atoms with Crippen LogP contribution in [0.2, 0.25) is 0 Å². The van der Waals surface area contributed by atoms with E-state index >= 15 is 0 Å². The van der Waals surface area contributed by atoms with E-state index in [2.05, 4.69) is 27.7 Å². The standard InChI is InChI=1S/C12H28N.2C2H6OS.4ClH.Rh/c1-5-9-13(10-6-2,11-7-3)12-8-4;2*1-4(2)3;;;;;/h5-12H2,1-4H3;2*1-2H3;4*1H;/q+1;;;;;;;+4/p-4. The molecule has 10 heteroatoms. The summed E-state index contributed by atoms with van der Waals surface area (Å²) < 4.78 is 20.5. The van der Waals surface area contributed by atoms with Crippen LogP contribution < -0.4 is 0 Å². The Morgan fingerprint density at radius 3 is 0.808 bits per heavy atom. The van der Waals surface area contributed by atoms with Gasteiger partial charge in [-0.15, -0.1) is 0 Å². The van der Waals surface area contributed by atoms with Crippen molar-refractivity contribution in [2.75, 3.05) is 51.2 Å². The van der Waals surface area contributed by atoms with Crippen LogP contribution in [0.3, 0.4) is 0 Å². The number of quaternary nitrogens is 1. The van der Waals surface area contributed by atoms with Gasteiger partial charge in [-0.25, -0.2) is 0 Å². The van der Waals surface area contributed by atoms with E-state index in [4.69, 9.17) is 38.8 Å². The second-order valence-corrected chi connectivity index (χ2v) is 23.9. The van der Waals surface area contributed by atoms with E-state index < -0.39 is 32.4 Å². The summed E-state index contributed by atoms with van der Waals surface area (Å²) in [4.78, 5) is 0. The van der Waals surface area contributed by atoms with E-state index in [9.17, 15) is 8.42 Å². The fourth-order valence-corrected chi connectivity index (χ4v) is 2.57. The monoisotopic (exact) mass is 585 g/mol. The van der Waals surface area contributed by atoms with Crippen LogP contribution in [-0.2, 0) is 32.4 Å². The molecule has 0 N–H and O–H groups in total. The number of rotatable bonds is 8. The first-order chi connectivity index (χ1) is 11.7. The molecule has 0 heterocycles. The van der Waals surface area contributed by atoms with Crippen LogP contribution in [-0.4, -0.2) is 64.1 Å². The van der Waals surface area contributed by atoms with Crippen molar-refractivity contribution in [3.8, 4) is 0 Å². The van der Waals surface area contributed by atoms with Crippen LogP contribution in [0.4, 0.5) is 0 Å². The second-order valence-electron chi connectivity index (χ2n) is 6.00. The predicted molar refractivity (Wildman–Crippen MR) is 124 cm³/mol. The molecule has 0 aromatic rings. The van der Waals surface area contributed by atoms with Gasteiger partial charge >= 0.3 is 49.6 Å². The van der Waals surface area contributed by atoms with Gasteiger partial charge in [0.05, 0.1) is 26.2 Å². The van der Waals surface area contributed by atoms with Crippen molar-refractivity contribution in [1.29, 1.82) is 0 Å². The van der Waals surface area contributed by atoms with Gasteiger partial charge in [0.1, 0.15) is 0 Å². The van der Waals surface area contributed by atoms with E-state index in [1.807, 2.05) is 0 Å². The van der Waals surface area contributed by atoms with E-state index in [0.717, 1.165) is 0 Å². The molecule has 0 atom stereocenters. The van der Waals surface area contributed by atoms with Crippen molar-refractivity contribution in [3.05, 3.63) is 0 Å². The van der Waals surface area contributed by atoms with Gasteiger partial charge in [-0.3, -0.25) is 8.42 Å². The summed E-state index contributed by atoms with van der Waals surface area (Å²) in [5.74, 6) is 0. The topological polar surface area (TPSA) is 34.1 Å². The molecule has 0 unspecified atom stereocenters. The molecule has 0 radical (unpaired) electrons. The van der Waals surface area contributed by atoms with Crippen LogP contribution >= 0.6 is 38.8 Å². The normalized spacial score (nSPS) is 11.6. The predicted octanol–water partition coefficient (Wildman–Crippen LogP) is 6.19. The zero-order valence-corrected chi connectivity index (χ0v) is 23.9. The van der Waals surface area contributed by atoms with E-state index in [1.54, 1.807) is 25.0 Å². The third-order valence-corrected chi connectivity index (χ3v) is 2.79. The van der Waals surface area contributed by atoms with Gasteiger partial charge in [0, 0.05) is 46.6 Å². The molecule has 0 bridgehead atoms. The van der Waals surface area contributed by atoms with Crippen molar-refractivity contribution in [2.45, 2.75) is 53.4 Å². The maximum atomic E-state index is 9.56. The van der Waals surface area contributed by atoms with Crippen molar-refractivity contribution in [3.63, 3.8) is 0 Å². The molecule has 169 valence electrons. The molecule has 3 nitrogen and oxygen atoms in total. The SMILES string of the molecule is CCC[N+](CCC)(CCC)CCC.CS(C)=O.CS(C)=O.[Cl][Rh]([Cl])([Cl])[Cl]. The summed E-state index contributed by atoms with van der Waals surface area (Å²) in [6, 6.07) is 0. The van der Waals surface area contributed by atoms with Gasteiger partial charge < -0.3 is 4.48 Å². The minimum atomic E-state index is -2.89. The van der Waals surface area contributed by atoms with Gasteiger partial charge in [-0.1, -0.05) is 27.7 Å². The Balaban J connectivity index is -0.000000152. The molecule has 0 aromatic heterocycles. The van der Waals surface area contributed by atoms with Gasteiger partial charge in [0.2, 0.25) is 0 Å². The van der Waals surface area contributed by atoms with E-state index in [-0.39, 0.29) is 0 Å². The molecule has 0 amide bonds. The summed E-state index contributed by atoms with van der Waals surface area (Å²) >= 11 is 0. The van der Waals surface area contributed by atoms with Crippen LogP contribution in [0, 0.1) is 0 Å². The Hall–Kier alpha value is 2.04. The van der Waals surface area contributed by atoms with E-state index in [1.165, 1.54) is 56.3 Å². The number of nitrogens with zero attached hydrogens (tertiary/aromatic N) is 1. The van der Waals surface area contributed by atoms with Crippen molar-refractivity contribution < 1.29 is 23.7 Å². The van der Waals surface area contributed by atoms with Gasteiger partial charge in [0.25, 0.3) is 0 Å². The van der Waals surface area contributed by atoms with Crippen molar-refractivity contribution in [1.82, 2.24) is 0 Å². The Kier molecular flexibility index (Phi) is 31.8. The summed E-state index contributed by atoms with van der Waals surface area (Å²) in [6.07, 6.45) is 11.9. The van der Waals surface area contributed by atoms with E-state index in [0.29, 0.717) is 0 Å². The van der Waals surface area contributed by atoms with Gasteiger partial charge in [-0.2, -0.15) is 0 Å². The molecule has 26 heavy (non-hydrogen) atoms. The van der Waals surface area contributed by atoms with Crippen molar-refractivity contribution in [2.24, 2.45) is 0 Å². The van der Waals surface area contributed by atoms with Crippen LogP contribution in [0.1, 0.15) is 53.4 Å². The first-order valence-electron chi connectivity index (χ1n) is 8.56. The summed E-state index contributed by atoms with van der Waals surface area (Å²) in [5.41, 5.74) is 0. The molecule has 0 aliphatic heterocycles. The Bertz CT molecular complexity index is 291. The van der Waals surface area contributed by atoms with Gasteiger partial charge in [0.15, 0.2) is 0 Å². The Morgan fingerprint density at radius 2 is 0.731 bits per heavy atom. The third-order valence-electron chi connectivity index (χ3n) is 2.79. The van der Waals surface area contributed by atoms with Crippen LogP contribution in [0.25, 0.3) is 0 Å². The molecule has 0 aliphatic rings. The molecule has 0 saturated heterocycles. The summed E-state index contributed by atoms with van der Waals surface area (Å²) in [7, 11) is 15.8. The van der Waals surface area contributed by atoms with Crippen molar-refractivity contribution >= 4 is 60.4 Å². The summed E-state index contributed by atoms with van der Waals surface area (Å²) in [5, 5.41) is 0. The number of halogens is 4. The molecule has 0 fully saturated rings. The fraction of sp³-hybridized carbons (Fsp3) is 1.00. The Labute approximate surface area is 187 Å². The first kappa shape index (κ1) is 35.5. The van der Waals surface area contributed by atoms with Crippen LogP contribution in [0.15, 0.2) is 0 Å². The third kappa shape index (κ3) is 50.2. The van der Waals surface area contributed by atoms with Gasteiger partial charge in [-0.05, 0) is 25.7 Å². The molecule has 0 rings (SSSR count). The molecule has 0 spiro atoms. The second kappa shape index (κ2) is 23.3. The zero-order chi connectivity index (χ0) is 21.8. The zero-order valence-electron chi connectivity index (χ0n) is 17.6. The average Bonchev–Trinajstić information content (AvgIpc) is 2.36. The molecular formula is C16H40Cl4NO2RhS2+. The molecular weight excluding hydrogens is 547 g/mol. The summed E-state index contributed by atoms with van der Waals surface area (Å²) in [6.45, 7) is 14.8. The molecule has 0 saturated carbocycles. The number of hydrogen-bond donors (Lipinski definition) is 0. The Morgan fingerprint density at radius 1 is 0.615 bits per heavy atom. The quantitative estimate of drug-likeness (QED) is 0.251. The first-order valence-corrected chi connectivity index (χ1v) is 20.9. The average molecular weight is 587 g/mol. The molecule has 0 aromatic carbocycles.